The smallest absolute Gasteiger partial charge is 0.182 e. The highest BCUT2D eigenvalue weighted by Gasteiger charge is 1.99. The Balaban J connectivity index is 1.80. The molecule has 0 spiro atoms. The number of nitrogens with one attached hydrogen (secondary N) is 1. The number of rotatable bonds is 4. The molecule has 0 aromatic carbocycles. The lowest BCUT2D eigenvalue weighted by molar-refractivity contribution is 0.742. The summed E-state index contributed by atoms with van der Waals surface area (Å²) in [6.45, 7) is 2.88. The Labute approximate surface area is 93.0 Å². The summed E-state index contributed by atoms with van der Waals surface area (Å²) in [5.41, 5.74) is 2.18. The van der Waals surface area contributed by atoms with Gasteiger partial charge in [-0.15, -0.1) is 11.3 Å². The van der Waals surface area contributed by atoms with Gasteiger partial charge in [0.2, 0.25) is 0 Å². The van der Waals surface area contributed by atoms with Crippen molar-refractivity contribution in [2.75, 3.05) is 11.9 Å². The third-order valence-electron chi connectivity index (χ3n) is 2.05. The lowest BCUT2D eigenvalue weighted by Gasteiger charge is -1.99. The molecular formula is C10H14N4S. The molecule has 0 saturated carbocycles. The van der Waals surface area contributed by atoms with Crippen LogP contribution in [0.3, 0.4) is 0 Å². The Bertz CT molecular complexity index is 392. The minimum atomic E-state index is 0.879. The van der Waals surface area contributed by atoms with Crippen LogP contribution in [-0.4, -0.2) is 21.3 Å². The number of hydrogen-bond donors (Lipinski definition) is 1. The van der Waals surface area contributed by atoms with Crippen LogP contribution in [0.25, 0.3) is 0 Å². The predicted molar refractivity (Wildman–Crippen MR) is 62.3 cm³/mol. The molecule has 2 aromatic rings. The number of nitrogens with zero attached hydrogens (tertiary/aromatic N) is 3. The van der Waals surface area contributed by atoms with Crippen molar-refractivity contribution >= 4 is 16.5 Å². The number of aryl methyl sites for hydroxylation is 2. The lowest BCUT2D eigenvalue weighted by Crippen LogP contribution is -2.05. The van der Waals surface area contributed by atoms with Crippen molar-refractivity contribution in [2.24, 2.45) is 7.05 Å². The molecule has 5 heteroatoms. The molecule has 0 aliphatic rings. The summed E-state index contributed by atoms with van der Waals surface area (Å²) in [5.74, 6) is 0. The second-order valence-electron chi connectivity index (χ2n) is 3.45. The van der Waals surface area contributed by atoms with E-state index in [0.717, 1.165) is 29.5 Å². The molecule has 15 heavy (non-hydrogen) atoms. The molecule has 0 unspecified atom stereocenters. The van der Waals surface area contributed by atoms with E-state index in [-0.39, 0.29) is 0 Å². The first-order chi connectivity index (χ1) is 7.24. The first kappa shape index (κ1) is 10.2. The molecule has 0 fully saturated rings. The van der Waals surface area contributed by atoms with Crippen molar-refractivity contribution in [3.05, 3.63) is 29.0 Å². The minimum absolute atomic E-state index is 0.879. The molecule has 2 aromatic heterocycles. The van der Waals surface area contributed by atoms with Crippen LogP contribution in [0.2, 0.25) is 0 Å². The van der Waals surface area contributed by atoms with Gasteiger partial charge in [-0.05, 0) is 13.0 Å². The predicted octanol–water partition coefficient (Wildman–Crippen LogP) is 1.84. The molecule has 2 heterocycles. The Morgan fingerprint density at radius 1 is 1.53 bits per heavy atom. The summed E-state index contributed by atoms with van der Waals surface area (Å²) in [7, 11) is 1.93. The van der Waals surface area contributed by atoms with Gasteiger partial charge in [0.25, 0.3) is 0 Å². The van der Waals surface area contributed by atoms with Crippen LogP contribution in [0.1, 0.15) is 11.4 Å². The molecule has 80 valence electrons. The van der Waals surface area contributed by atoms with Crippen molar-refractivity contribution in [2.45, 2.75) is 13.3 Å². The van der Waals surface area contributed by atoms with E-state index in [2.05, 4.69) is 15.4 Å². The Morgan fingerprint density at radius 2 is 2.40 bits per heavy atom. The second kappa shape index (κ2) is 4.44. The van der Waals surface area contributed by atoms with Crippen LogP contribution in [0, 0.1) is 6.92 Å². The largest absolute Gasteiger partial charge is 0.361 e. The van der Waals surface area contributed by atoms with Gasteiger partial charge in [-0.2, -0.15) is 5.10 Å². The lowest BCUT2D eigenvalue weighted by atomic mass is 10.3. The van der Waals surface area contributed by atoms with Crippen molar-refractivity contribution in [3.63, 3.8) is 0 Å². The third kappa shape index (κ3) is 2.79. The number of thiazole rings is 1. The topological polar surface area (TPSA) is 42.7 Å². The average Bonchev–Trinajstić information content (AvgIpc) is 2.76. The van der Waals surface area contributed by atoms with E-state index in [0.29, 0.717) is 0 Å². The molecule has 0 atom stereocenters. The van der Waals surface area contributed by atoms with Gasteiger partial charge in [0, 0.05) is 31.6 Å². The maximum Gasteiger partial charge on any atom is 0.182 e. The fourth-order valence-corrected chi connectivity index (χ4v) is 2.05. The summed E-state index contributed by atoms with van der Waals surface area (Å²) >= 11 is 1.64. The maximum atomic E-state index is 4.33. The molecule has 0 saturated heterocycles. The van der Waals surface area contributed by atoms with E-state index in [1.165, 1.54) is 0 Å². The number of aromatic nitrogens is 3. The van der Waals surface area contributed by atoms with Crippen LogP contribution in [0.15, 0.2) is 17.6 Å². The van der Waals surface area contributed by atoms with Gasteiger partial charge in [-0.1, -0.05) is 0 Å². The van der Waals surface area contributed by atoms with Crippen molar-refractivity contribution < 1.29 is 0 Å². The van der Waals surface area contributed by atoms with Gasteiger partial charge in [0.05, 0.1) is 11.4 Å². The summed E-state index contributed by atoms with van der Waals surface area (Å²) in [6, 6.07) is 2.04. The van der Waals surface area contributed by atoms with E-state index in [1.54, 1.807) is 11.3 Å². The summed E-state index contributed by atoms with van der Waals surface area (Å²) in [6.07, 6.45) is 2.89. The van der Waals surface area contributed by atoms with E-state index in [4.69, 9.17) is 0 Å². The molecule has 0 amide bonds. The van der Waals surface area contributed by atoms with Gasteiger partial charge in [-0.25, -0.2) is 4.98 Å². The summed E-state index contributed by atoms with van der Waals surface area (Å²) in [5, 5.41) is 10.6. The highest BCUT2D eigenvalue weighted by atomic mass is 32.1. The maximum absolute atomic E-state index is 4.33. The van der Waals surface area contributed by atoms with E-state index < -0.39 is 0 Å². The monoisotopic (exact) mass is 222 g/mol. The average molecular weight is 222 g/mol. The molecular weight excluding hydrogens is 208 g/mol. The minimum Gasteiger partial charge on any atom is -0.361 e. The Kier molecular flexibility index (Phi) is 3.01. The normalized spacial score (nSPS) is 10.5. The van der Waals surface area contributed by atoms with E-state index in [1.807, 2.05) is 36.3 Å². The second-order valence-corrected chi connectivity index (χ2v) is 4.31. The van der Waals surface area contributed by atoms with Crippen LogP contribution in [0.4, 0.5) is 5.13 Å². The Hall–Kier alpha value is -1.36. The van der Waals surface area contributed by atoms with E-state index >= 15 is 0 Å². The molecule has 1 N–H and O–H groups in total. The fraction of sp³-hybridized carbons (Fsp3) is 0.400. The molecule has 0 aliphatic heterocycles. The van der Waals surface area contributed by atoms with E-state index in [9.17, 15) is 0 Å². The fourth-order valence-electron chi connectivity index (χ4n) is 1.33. The first-order valence-corrected chi connectivity index (χ1v) is 5.76. The van der Waals surface area contributed by atoms with Gasteiger partial charge in [0.1, 0.15) is 0 Å². The molecule has 0 radical (unpaired) electrons. The van der Waals surface area contributed by atoms with Crippen molar-refractivity contribution in [3.8, 4) is 0 Å². The van der Waals surface area contributed by atoms with Crippen molar-refractivity contribution in [1.82, 2.24) is 14.8 Å². The van der Waals surface area contributed by atoms with Crippen LogP contribution in [-0.2, 0) is 13.5 Å². The Morgan fingerprint density at radius 3 is 3.00 bits per heavy atom. The van der Waals surface area contributed by atoms with Gasteiger partial charge >= 0.3 is 0 Å². The zero-order valence-corrected chi connectivity index (χ0v) is 9.71. The molecule has 0 bridgehead atoms. The SMILES string of the molecule is Cc1csc(NCCc2ccn(C)n2)n1. The zero-order chi connectivity index (χ0) is 10.7. The van der Waals surface area contributed by atoms with Crippen LogP contribution in [0.5, 0.6) is 0 Å². The first-order valence-electron chi connectivity index (χ1n) is 4.88. The molecule has 0 aliphatic carbocycles. The quantitative estimate of drug-likeness (QED) is 0.858. The molecule has 2 rings (SSSR count). The highest BCUT2D eigenvalue weighted by Crippen LogP contribution is 2.13. The van der Waals surface area contributed by atoms with Crippen molar-refractivity contribution in [1.29, 1.82) is 0 Å². The van der Waals surface area contributed by atoms with Gasteiger partial charge < -0.3 is 5.32 Å². The highest BCUT2D eigenvalue weighted by molar-refractivity contribution is 7.13. The molecule has 4 nitrogen and oxygen atoms in total. The number of hydrogen-bond acceptors (Lipinski definition) is 4. The standard InChI is InChI=1S/C10H14N4S/c1-8-7-15-10(12-8)11-5-3-9-4-6-14(2)13-9/h4,6-7H,3,5H2,1-2H3,(H,11,12). The van der Waals surface area contributed by atoms with Crippen LogP contribution < -0.4 is 5.32 Å². The number of anilines is 1. The summed E-state index contributed by atoms with van der Waals surface area (Å²) < 4.78 is 1.82. The summed E-state index contributed by atoms with van der Waals surface area (Å²) in [4.78, 5) is 4.33. The van der Waals surface area contributed by atoms with Gasteiger partial charge in [-0.3, -0.25) is 4.68 Å². The van der Waals surface area contributed by atoms with Crippen LogP contribution >= 0.6 is 11.3 Å². The van der Waals surface area contributed by atoms with Gasteiger partial charge in [0.15, 0.2) is 5.13 Å². The zero-order valence-electron chi connectivity index (χ0n) is 8.90. The third-order valence-corrected chi connectivity index (χ3v) is 2.96.